The molecule has 0 aliphatic heterocycles. The third kappa shape index (κ3) is 9.19. The van der Waals surface area contributed by atoms with E-state index < -0.39 is 0 Å². The summed E-state index contributed by atoms with van der Waals surface area (Å²) in [5.74, 6) is 1.78. The number of hydrogen-bond donors (Lipinski definition) is 0. The minimum Gasteiger partial charge on any atom is -0.234 e. The smallest absolute Gasteiger partial charge is 0.120 e. The molecule has 0 aromatic carbocycles. The number of unbranched alkanes of at least 4 members (excludes halogenated alkanes) is 5. The van der Waals surface area contributed by atoms with Crippen LogP contribution in [0.25, 0.3) is 0 Å². The molecule has 0 aliphatic carbocycles. The Labute approximate surface area is 68.8 Å². The van der Waals surface area contributed by atoms with E-state index in [0.29, 0.717) is 0 Å². The van der Waals surface area contributed by atoms with Gasteiger partial charge in [-0.1, -0.05) is 18.9 Å². The predicted molar refractivity (Wildman–Crippen MR) is 48.2 cm³/mol. The summed E-state index contributed by atoms with van der Waals surface area (Å²) in [5.41, 5.74) is 0. The normalized spacial score (nSPS) is 8.73. The SMILES string of the molecule is C=CCCCCCCC=C=O. The van der Waals surface area contributed by atoms with Gasteiger partial charge in [0.1, 0.15) is 5.94 Å². The highest BCUT2D eigenvalue weighted by atomic mass is 16.1. The number of carbonyl (C=O) groups excluding carboxylic acids is 1. The van der Waals surface area contributed by atoms with Gasteiger partial charge in [-0.2, -0.15) is 0 Å². The van der Waals surface area contributed by atoms with Crippen molar-refractivity contribution in [3.8, 4) is 0 Å². The highest BCUT2D eigenvalue weighted by Crippen LogP contribution is 2.05. The molecule has 0 spiro atoms. The van der Waals surface area contributed by atoms with Crippen LogP contribution in [0, 0.1) is 0 Å². The third-order valence-electron chi connectivity index (χ3n) is 1.59. The minimum atomic E-state index is 0.886. The van der Waals surface area contributed by atoms with Crippen molar-refractivity contribution >= 4 is 5.94 Å². The maximum Gasteiger partial charge on any atom is 0.120 e. The van der Waals surface area contributed by atoms with E-state index >= 15 is 0 Å². The van der Waals surface area contributed by atoms with Crippen LogP contribution in [0.2, 0.25) is 0 Å². The molecule has 1 nitrogen and oxygen atoms in total. The Morgan fingerprint density at radius 2 is 1.73 bits per heavy atom. The Morgan fingerprint density at radius 3 is 2.27 bits per heavy atom. The first-order chi connectivity index (χ1) is 5.41. The Morgan fingerprint density at radius 1 is 1.09 bits per heavy atom. The van der Waals surface area contributed by atoms with Crippen LogP contribution < -0.4 is 0 Å². The molecule has 0 saturated carbocycles. The fourth-order valence-corrected chi connectivity index (χ4v) is 0.948. The lowest BCUT2D eigenvalue weighted by molar-refractivity contribution is 0.567. The quantitative estimate of drug-likeness (QED) is 0.311. The molecule has 0 N–H and O–H groups in total. The van der Waals surface area contributed by atoms with Crippen LogP contribution in [0.3, 0.4) is 0 Å². The lowest BCUT2D eigenvalue weighted by Crippen LogP contribution is -1.76. The fraction of sp³-hybridized carbons (Fsp3) is 0.600. The molecule has 0 radical (unpaired) electrons. The molecule has 0 fully saturated rings. The second kappa shape index (κ2) is 9.19. The Bertz CT molecular complexity index is 132. The lowest BCUT2D eigenvalue weighted by Gasteiger charge is -1.94. The molecule has 0 aromatic rings. The van der Waals surface area contributed by atoms with Crippen LogP contribution in [0.5, 0.6) is 0 Å². The first-order valence-corrected chi connectivity index (χ1v) is 4.22. The zero-order valence-electron chi connectivity index (χ0n) is 7.01. The number of hydrogen-bond acceptors (Lipinski definition) is 1. The van der Waals surface area contributed by atoms with E-state index in [-0.39, 0.29) is 0 Å². The van der Waals surface area contributed by atoms with E-state index in [4.69, 9.17) is 0 Å². The summed E-state index contributed by atoms with van der Waals surface area (Å²) in [6, 6.07) is 0. The van der Waals surface area contributed by atoms with Gasteiger partial charge in [-0.3, -0.25) is 0 Å². The Hall–Kier alpha value is -0.810. The molecule has 0 aromatic heterocycles. The summed E-state index contributed by atoms with van der Waals surface area (Å²) in [4.78, 5) is 9.75. The molecule has 11 heavy (non-hydrogen) atoms. The van der Waals surface area contributed by atoms with Gasteiger partial charge in [-0.15, -0.1) is 6.58 Å². The molecular weight excluding hydrogens is 136 g/mol. The Kier molecular flexibility index (Phi) is 8.51. The highest BCUT2D eigenvalue weighted by Gasteiger charge is 1.86. The summed E-state index contributed by atoms with van der Waals surface area (Å²) in [5, 5.41) is 0. The number of rotatable bonds is 7. The molecule has 0 heterocycles. The van der Waals surface area contributed by atoms with Gasteiger partial charge in [0.2, 0.25) is 0 Å². The summed E-state index contributed by atoms with van der Waals surface area (Å²) in [7, 11) is 0. The summed E-state index contributed by atoms with van der Waals surface area (Å²) >= 11 is 0. The van der Waals surface area contributed by atoms with E-state index in [9.17, 15) is 4.79 Å². The summed E-state index contributed by atoms with van der Waals surface area (Å²) in [6.45, 7) is 3.65. The molecule has 0 rings (SSSR count). The van der Waals surface area contributed by atoms with Crippen molar-refractivity contribution in [2.45, 2.75) is 38.5 Å². The minimum absolute atomic E-state index is 0.886. The molecule has 0 atom stereocenters. The second-order valence-electron chi connectivity index (χ2n) is 2.60. The Balaban J connectivity index is 2.90. The highest BCUT2D eigenvalue weighted by molar-refractivity contribution is 5.44. The zero-order valence-corrected chi connectivity index (χ0v) is 7.01. The van der Waals surface area contributed by atoms with Crippen molar-refractivity contribution in [1.29, 1.82) is 0 Å². The van der Waals surface area contributed by atoms with Crippen molar-refractivity contribution in [3.63, 3.8) is 0 Å². The largest absolute Gasteiger partial charge is 0.234 e. The van der Waals surface area contributed by atoms with Crippen molar-refractivity contribution in [3.05, 3.63) is 18.7 Å². The third-order valence-corrected chi connectivity index (χ3v) is 1.59. The topological polar surface area (TPSA) is 17.1 Å². The van der Waals surface area contributed by atoms with Gasteiger partial charge in [0.05, 0.1) is 0 Å². The van der Waals surface area contributed by atoms with Crippen LogP contribution in [0.4, 0.5) is 0 Å². The van der Waals surface area contributed by atoms with E-state index in [2.05, 4.69) is 6.58 Å². The van der Waals surface area contributed by atoms with Gasteiger partial charge in [0.15, 0.2) is 0 Å². The number of allylic oxidation sites excluding steroid dienone is 2. The maximum absolute atomic E-state index is 9.75. The van der Waals surface area contributed by atoms with Gasteiger partial charge in [0.25, 0.3) is 0 Å². The van der Waals surface area contributed by atoms with Crippen molar-refractivity contribution < 1.29 is 4.79 Å². The van der Waals surface area contributed by atoms with Gasteiger partial charge < -0.3 is 0 Å². The van der Waals surface area contributed by atoms with Crippen LogP contribution in [-0.2, 0) is 4.79 Å². The fourth-order valence-electron chi connectivity index (χ4n) is 0.948. The predicted octanol–water partition coefficient (Wildman–Crippen LogP) is 2.90. The summed E-state index contributed by atoms with van der Waals surface area (Å²) in [6.07, 6.45) is 10.3. The van der Waals surface area contributed by atoms with Crippen LogP contribution in [0.1, 0.15) is 38.5 Å². The first-order valence-electron chi connectivity index (χ1n) is 4.22. The van der Waals surface area contributed by atoms with Gasteiger partial charge >= 0.3 is 0 Å². The van der Waals surface area contributed by atoms with Crippen molar-refractivity contribution in [1.82, 2.24) is 0 Å². The van der Waals surface area contributed by atoms with E-state index in [1.807, 2.05) is 6.08 Å². The molecule has 0 bridgehead atoms. The molecule has 0 amide bonds. The van der Waals surface area contributed by atoms with Gasteiger partial charge in [-0.25, -0.2) is 4.79 Å². The first kappa shape index (κ1) is 10.2. The summed E-state index contributed by atoms with van der Waals surface area (Å²) < 4.78 is 0. The van der Waals surface area contributed by atoms with Gasteiger partial charge in [0, 0.05) is 0 Å². The van der Waals surface area contributed by atoms with Crippen LogP contribution in [-0.4, -0.2) is 5.94 Å². The second-order valence-corrected chi connectivity index (χ2v) is 2.60. The average molecular weight is 152 g/mol. The van der Waals surface area contributed by atoms with Crippen molar-refractivity contribution in [2.24, 2.45) is 0 Å². The molecule has 62 valence electrons. The van der Waals surface area contributed by atoms with Gasteiger partial charge in [-0.05, 0) is 31.8 Å². The lowest BCUT2D eigenvalue weighted by atomic mass is 10.1. The van der Waals surface area contributed by atoms with E-state index in [1.54, 1.807) is 12.0 Å². The van der Waals surface area contributed by atoms with Crippen LogP contribution >= 0.6 is 0 Å². The molecule has 0 saturated heterocycles. The zero-order chi connectivity index (χ0) is 8.36. The molecule has 0 aliphatic rings. The monoisotopic (exact) mass is 152 g/mol. The maximum atomic E-state index is 9.75. The molecular formula is C10H16O. The standard InChI is InChI=1S/C10H16O/c1-2-3-4-5-6-7-8-9-10-11/h2,9H,1,3-8H2. The van der Waals surface area contributed by atoms with E-state index in [1.165, 1.54) is 19.3 Å². The molecule has 0 unspecified atom stereocenters. The molecule has 1 heteroatoms. The van der Waals surface area contributed by atoms with Crippen LogP contribution in [0.15, 0.2) is 18.7 Å². The average Bonchev–Trinajstić information content (AvgIpc) is 2.03. The van der Waals surface area contributed by atoms with E-state index in [0.717, 1.165) is 19.3 Å². The van der Waals surface area contributed by atoms with Crippen molar-refractivity contribution in [2.75, 3.05) is 0 Å².